The molecule has 1 aromatic heterocycles. The Hall–Kier alpha value is -7.78. The highest BCUT2D eigenvalue weighted by molar-refractivity contribution is 7.25. The Balaban J connectivity index is 1.08. The van der Waals surface area contributed by atoms with Crippen molar-refractivity contribution < 1.29 is 0 Å². The summed E-state index contributed by atoms with van der Waals surface area (Å²) in [5.74, 6) is 0. The third kappa shape index (κ3) is 6.32. The van der Waals surface area contributed by atoms with Gasteiger partial charge in [0.05, 0.1) is 0 Å². The topological polar surface area (TPSA) is 3.24 Å². The molecule has 0 aliphatic rings. The maximum atomic E-state index is 2.42. The van der Waals surface area contributed by atoms with Crippen molar-refractivity contribution in [3.8, 4) is 44.5 Å². The van der Waals surface area contributed by atoms with Crippen molar-refractivity contribution in [2.75, 3.05) is 4.90 Å². The summed E-state index contributed by atoms with van der Waals surface area (Å²) in [6.45, 7) is 0. The number of rotatable bonds is 7. The quantitative estimate of drug-likeness (QED) is 0.145. The van der Waals surface area contributed by atoms with E-state index in [2.05, 4.69) is 241 Å². The fourth-order valence-electron chi connectivity index (χ4n) is 9.39. The molecule has 0 saturated heterocycles. The van der Waals surface area contributed by atoms with Crippen molar-refractivity contribution in [1.82, 2.24) is 0 Å². The minimum absolute atomic E-state index is 1.09. The molecule has 0 atom stereocenters. The zero-order valence-electron chi connectivity index (χ0n) is 33.9. The smallest absolute Gasteiger partial charge is 0.0468 e. The SMILES string of the molecule is c1ccc(-c2cccc(N(c3ccc(-c4ccc5ccccc5c4)cc3)c3ccc(-c4cc5ccccc5c5ccccc45)c(-c4ccc5sc6ccccc6c5c4)c3)c2)cc1. The number of anilines is 3. The molecule has 0 spiro atoms. The lowest BCUT2D eigenvalue weighted by molar-refractivity contribution is 1.28. The van der Waals surface area contributed by atoms with Crippen LogP contribution in [0.5, 0.6) is 0 Å². The van der Waals surface area contributed by atoms with Crippen molar-refractivity contribution in [2.24, 2.45) is 0 Å². The zero-order valence-corrected chi connectivity index (χ0v) is 34.7. The molecule has 11 aromatic carbocycles. The second-order valence-electron chi connectivity index (χ2n) is 16.1. The molecule has 2 heteroatoms. The molecular weight excluding hydrogens is 767 g/mol. The number of hydrogen-bond donors (Lipinski definition) is 0. The second kappa shape index (κ2) is 15.0. The van der Waals surface area contributed by atoms with Crippen molar-refractivity contribution >= 4 is 80.9 Å². The molecule has 62 heavy (non-hydrogen) atoms. The minimum Gasteiger partial charge on any atom is -0.310 e. The van der Waals surface area contributed by atoms with Crippen LogP contribution in [0.25, 0.3) is 97.0 Å². The monoisotopic (exact) mass is 805 g/mol. The first-order chi connectivity index (χ1) is 30.7. The Bertz CT molecular complexity index is 3640. The van der Waals surface area contributed by atoms with Crippen LogP contribution in [0, 0.1) is 0 Å². The molecule has 0 aliphatic heterocycles. The van der Waals surface area contributed by atoms with Gasteiger partial charge in [0.1, 0.15) is 0 Å². The van der Waals surface area contributed by atoms with Gasteiger partial charge >= 0.3 is 0 Å². The van der Waals surface area contributed by atoms with E-state index in [0.29, 0.717) is 0 Å². The van der Waals surface area contributed by atoms with Gasteiger partial charge in [0.25, 0.3) is 0 Å². The molecular formula is C60H39NS. The molecule has 12 rings (SSSR count). The van der Waals surface area contributed by atoms with Crippen LogP contribution in [0.15, 0.2) is 237 Å². The van der Waals surface area contributed by atoms with Gasteiger partial charge in [0, 0.05) is 37.2 Å². The van der Waals surface area contributed by atoms with E-state index < -0.39 is 0 Å². The molecule has 0 unspecified atom stereocenters. The highest BCUT2D eigenvalue weighted by atomic mass is 32.1. The minimum atomic E-state index is 1.09. The average molecular weight is 806 g/mol. The van der Waals surface area contributed by atoms with E-state index in [9.17, 15) is 0 Å². The van der Waals surface area contributed by atoms with E-state index in [0.717, 1.165) is 17.1 Å². The first-order valence-electron chi connectivity index (χ1n) is 21.2. The van der Waals surface area contributed by atoms with E-state index in [1.54, 1.807) is 0 Å². The Morgan fingerprint density at radius 3 is 1.69 bits per heavy atom. The van der Waals surface area contributed by atoms with Crippen LogP contribution in [-0.2, 0) is 0 Å². The van der Waals surface area contributed by atoms with Gasteiger partial charge in [-0.15, -0.1) is 11.3 Å². The van der Waals surface area contributed by atoms with E-state index in [1.807, 2.05) is 11.3 Å². The first kappa shape index (κ1) is 36.1. The van der Waals surface area contributed by atoms with Gasteiger partial charge in [-0.1, -0.05) is 170 Å². The molecule has 0 N–H and O–H groups in total. The molecule has 12 aromatic rings. The molecule has 0 aliphatic carbocycles. The second-order valence-corrected chi connectivity index (χ2v) is 17.2. The summed E-state index contributed by atoms with van der Waals surface area (Å²) in [7, 11) is 0. The fourth-order valence-corrected chi connectivity index (χ4v) is 10.5. The highest BCUT2D eigenvalue weighted by Gasteiger charge is 2.20. The predicted octanol–water partition coefficient (Wildman–Crippen LogP) is 17.7. The standard InChI is InChI=1S/C60H39NS/c1-2-13-40(14-3-1)44-18-12-19-49(36-44)61(48-30-27-42(28-31-48)45-26-25-41-15-4-5-16-43(41)35-45)50-32-33-54(57-37-46-17-6-7-20-51(46)52-21-8-9-22-53(52)57)56(39-50)47-29-34-60-58(38-47)55-23-10-11-24-59(55)62-60/h1-39H. The molecule has 1 nitrogen and oxygen atoms in total. The summed E-state index contributed by atoms with van der Waals surface area (Å²) in [6, 6.07) is 87.0. The summed E-state index contributed by atoms with van der Waals surface area (Å²) in [5, 5.41) is 10.1. The number of benzene rings is 11. The largest absolute Gasteiger partial charge is 0.310 e. The van der Waals surface area contributed by atoms with Crippen LogP contribution in [0.4, 0.5) is 17.1 Å². The number of fused-ring (bicyclic) bond motifs is 7. The van der Waals surface area contributed by atoms with Gasteiger partial charge in [-0.05, 0) is 144 Å². The Morgan fingerprint density at radius 2 is 0.839 bits per heavy atom. The molecule has 0 bridgehead atoms. The summed E-state index contributed by atoms with van der Waals surface area (Å²) < 4.78 is 2.61. The average Bonchev–Trinajstić information content (AvgIpc) is 3.72. The summed E-state index contributed by atoms with van der Waals surface area (Å²) in [6.07, 6.45) is 0. The molecule has 0 amide bonds. The van der Waals surface area contributed by atoms with E-state index in [4.69, 9.17) is 0 Å². The van der Waals surface area contributed by atoms with Gasteiger partial charge in [-0.2, -0.15) is 0 Å². The van der Waals surface area contributed by atoms with Crippen LogP contribution in [0.3, 0.4) is 0 Å². The Morgan fingerprint density at radius 1 is 0.242 bits per heavy atom. The molecule has 0 saturated carbocycles. The lowest BCUT2D eigenvalue weighted by Gasteiger charge is -2.28. The van der Waals surface area contributed by atoms with Gasteiger partial charge in [-0.25, -0.2) is 0 Å². The maximum absolute atomic E-state index is 2.42. The van der Waals surface area contributed by atoms with Gasteiger partial charge in [-0.3, -0.25) is 0 Å². The van der Waals surface area contributed by atoms with Crippen LogP contribution in [0.1, 0.15) is 0 Å². The third-order valence-corrected chi connectivity index (χ3v) is 13.6. The first-order valence-corrected chi connectivity index (χ1v) is 22.0. The number of thiophene rings is 1. The Kier molecular flexibility index (Phi) is 8.76. The van der Waals surface area contributed by atoms with Crippen molar-refractivity contribution in [1.29, 1.82) is 0 Å². The summed E-state index contributed by atoms with van der Waals surface area (Å²) >= 11 is 1.86. The lowest BCUT2D eigenvalue weighted by Crippen LogP contribution is -2.10. The van der Waals surface area contributed by atoms with E-state index >= 15 is 0 Å². The van der Waals surface area contributed by atoms with E-state index in [-0.39, 0.29) is 0 Å². The Labute approximate surface area is 365 Å². The van der Waals surface area contributed by atoms with E-state index in [1.165, 1.54) is 97.0 Å². The van der Waals surface area contributed by atoms with Crippen LogP contribution in [-0.4, -0.2) is 0 Å². The number of nitrogens with zero attached hydrogens (tertiary/aromatic N) is 1. The highest BCUT2D eigenvalue weighted by Crippen LogP contribution is 2.46. The van der Waals surface area contributed by atoms with Gasteiger partial charge in [0.15, 0.2) is 0 Å². The normalized spacial score (nSPS) is 11.5. The van der Waals surface area contributed by atoms with Crippen molar-refractivity contribution in [3.05, 3.63) is 237 Å². The van der Waals surface area contributed by atoms with Crippen molar-refractivity contribution in [3.63, 3.8) is 0 Å². The lowest BCUT2D eigenvalue weighted by atomic mass is 9.88. The van der Waals surface area contributed by atoms with Gasteiger partial charge < -0.3 is 4.90 Å². The van der Waals surface area contributed by atoms with Crippen LogP contribution < -0.4 is 4.90 Å². The summed E-state index contributed by atoms with van der Waals surface area (Å²) in [4.78, 5) is 2.42. The molecule has 290 valence electrons. The number of hydrogen-bond acceptors (Lipinski definition) is 2. The van der Waals surface area contributed by atoms with Crippen molar-refractivity contribution in [2.45, 2.75) is 0 Å². The van der Waals surface area contributed by atoms with Crippen LogP contribution in [0.2, 0.25) is 0 Å². The fraction of sp³-hybridized carbons (Fsp3) is 0. The van der Waals surface area contributed by atoms with Gasteiger partial charge in [0.2, 0.25) is 0 Å². The van der Waals surface area contributed by atoms with Crippen LogP contribution >= 0.6 is 11.3 Å². The molecule has 0 radical (unpaired) electrons. The zero-order chi connectivity index (χ0) is 41.0. The summed E-state index contributed by atoms with van der Waals surface area (Å²) in [5.41, 5.74) is 12.9. The maximum Gasteiger partial charge on any atom is 0.0468 e. The molecule has 1 heterocycles. The molecule has 0 fully saturated rings. The predicted molar refractivity (Wildman–Crippen MR) is 268 cm³/mol. The third-order valence-electron chi connectivity index (χ3n) is 12.4.